The van der Waals surface area contributed by atoms with Crippen molar-refractivity contribution in [1.29, 1.82) is 5.41 Å². The topological polar surface area (TPSA) is 107 Å². The van der Waals surface area contributed by atoms with Crippen molar-refractivity contribution >= 4 is 17.8 Å². The second-order valence-electron chi connectivity index (χ2n) is 8.40. The number of fused-ring (bicyclic) bond motifs is 1. The molecule has 4 rings (SSSR count). The Kier molecular flexibility index (Phi) is 7.76. The minimum Gasteiger partial charge on any atom is -0.497 e. The number of benzene rings is 2. The molecule has 9 nitrogen and oxygen atoms in total. The fraction of sp³-hybridized carbons (Fsp3) is 0.400. The number of carbonyl (C=O) groups is 2. The van der Waals surface area contributed by atoms with Crippen molar-refractivity contribution in [3.63, 3.8) is 0 Å². The van der Waals surface area contributed by atoms with Gasteiger partial charge in [-0.05, 0) is 41.8 Å². The van der Waals surface area contributed by atoms with Crippen LogP contribution < -0.4 is 15.4 Å². The number of rotatable bonds is 6. The van der Waals surface area contributed by atoms with Crippen LogP contribution in [0, 0.1) is 5.41 Å². The third-order valence-corrected chi connectivity index (χ3v) is 6.19. The zero-order valence-corrected chi connectivity index (χ0v) is 19.4. The van der Waals surface area contributed by atoms with Crippen LogP contribution in [0.4, 0.5) is 4.79 Å². The first kappa shape index (κ1) is 23.7. The number of hydrogen-bond donors (Lipinski definition) is 3. The van der Waals surface area contributed by atoms with E-state index in [1.807, 2.05) is 11.0 Å². The molecule has 0 aliphatic carbocycles. The van der Waals surface area contributed by atoms with Crippen LogP contribution in [0.2, 0.25) is 0 Å². The molecule has 180 valence electrons. The smallest absolute Gasteiger partial charge is 0.321 e. The Hall–Kier alpha value is -3.43. The third kappa shape index (κ3) is 5.92. The first-order valence-corrected chi connectivity index (χ1v) is 11.5. The van der Waals surface area contributed by atoms with Gasteiger partial charge < -0.3 is 19.7 Å². The van der Waals surface area contributed by atoms with E-state index in [2.05, 4.69) is 27.7 Å². The van der Waals surface area contributed by atoms with Crippen LogP contribution in [0.15, 0.2) is 42.5 Å². The molecule has 2 aromatic rings. The number of imide groups is 1. The number of morpholine rings is 1. The summed E-state index contributed by atoms with van der Waals surface area (Å²) in [5.74, 6) is 0.815. The van der Waals surface area contributed by atoms with Crippen molar-refractivity contribution < 1.29 is 19.1 Å². The predicted octanol–water partition coefficient (Wildman–Crippen LogP) is 1.85. The van der Waals surface area contributed by atoms with Crippen LogP contribution in [-0.4, -0.2) is 80.6 Å². The molecule has 0 bridgehead atoms. The molecule has 34 heavy (non-hydrogen) atoms. The molecule has 2 heterocycles. The highest BCUT2D eigenvalue weighted by Gasteiger charge is 2.18. The molecular formula is C25H31N5O4. The number of methoxy groups -OCH3 is 1. The normalized spacial score (nSPS) is 15.9. The predicted molar refractivity (Wildman–Crippen MR) is 129 cm³/mol. The number of amides is 3. The molecule has 0 radical (unpaired) electrons. The Morgan fingerprint density at radius 1 is 1.03 bits per heavy atom. The minimum absolute atomic E-state index is 0.372. The number of nitrogens with one attached hydrogen (secondary N) is 3. The van der Waals surface area contributed by atoms with E-state index in [9.17, 15) is 9.59 Å². The van der Waals surface area contributed by atoms with Crippen LogP contribution in [0.3, 0.4) is 0 Å². The molecule has 0 saturated carbocycles. The van der Waals surface area contributed by atoms with E-state index in [1.165, 1.54) is 11.1 Å². The van der Waals surface area contributed by atoms with E-state index in [0.717, 1.165) is 30.8 Å². The van der Waals surface area contributed by atoms with Crippen LogP contribution in [0.25, 0.3) is 0 Å². The van der Waals surface area contributed by atoms with Crippen LogP contribution in [0.5, 0.6) is 5.75 Å². The summed E-state index contributed by atoms with van der Waals surface area (Å²) in [4.78, 5) is 28.8. The Labute approximate surface area is 199 Å². The van der Waals surface area contributed by atoms with Crippen molar-refractivity contribution in [1.82, 2.24) is 20.4 Å². The molecule has 0 spiro atoms. The minimum atomic E-state index is -0.516. The lowest BCUT2D eigenvalue weighted by Crippen LogP contribution is -2.43. The largest absolute Gasteiger partial charge is 0.497 e. The Morgan fingerprint density at radius 3 is 2.50 bits per heavy atom. The van der Waals surface area contributed by atoms with Crippen LogP contribution in [-0.2, 0) is 17.7 Å². The summed E-state index contributed by atoms with van der Waals surface area (Å²) >= 11 is 0. The van der Waals surface area contributed by atoms with Crippen molar-refractivity contribution in [2.75, 3.05) is 53.0 Å². The van der Waals surface area contributed by atoms with Gasteiger partial charge in [-0.3, -0.25) is 20.4 Å². The quantitative estimate of drug-likeness (QED) is 0.444. The van der Waals surface area contributed by atoms with Gasteiger partial charge in [0.05, 0.1) is 20.3 Å². The fourth-order valence-electron chi connectivity index (χ4n) is 4.20. The Bertz CT molecular complexity index is 1030. The molecule has 0 unspecified atom stereocenters. The number of urea groups is 1. The van der Waals surface area contributed by atoms with Crippen molar-refractivity contribution in [2.24, 2.45) is 0 Å². The molecule has 0 atom stereocenters. The van der Waals surface area contributed by atoms with Crippen LogP contribution in [0.1, 0.15) is 27.0 Å². The fourth-order valence-corrected chi connectivity index (χ4v) is 4.20. The molecule has 3 amide bonds. The molecule has 2 aliphatic rings. The van der Waals surface area contributed by atoms with E-state index >= 15 is 0 Å². The molecule has 1 fully saturated rings. The number of carbonyl (C=O) groups excluding carboxylic acids is 2. The molecule has 9 heteroatoms. The van der Waals surface area contributed by atoms with Gasteiger partial charge in [-0.1, -0.05) is 18.2 Å². The lowest BCUT2D eigenvalue weighted by atomic mass is 9.99. The monoisotopic (exact) mass is 465 g/mol. The van der Waals surface area contributed by atoms with Gasteiger partial charge >= 0.3 is 6.03 Å². The molecule has 3 N–H and O–H groups in total. The maximum atomic E-state index is 12.4. The van der Waals surface area contributed by atoms with E-state index in [1.54, 1.807) is 31.4 Å². The van der Waals surface area contributed by atoms with Gasteiger partial charge in [0.25, 0.3) is 5.91 Å². The molecule has 2 aliphatic heterocycles. The van der Waals surface area contributed by atoms with Gasteiger partial charge in [0.2, 0.25) is 0 Å². The lowest BCUT2D eigenvalue weighted by Gasteiger charge is -2.29. The second-order valence-corrected chi connectivity index (χ2v) is 8.40. The number of ether oxygens (including phenoxy) is 2. The first-order chi connectivity index (χ1) is 16.5. The molecule has 1 saturated heterocycles. The Balaban J connectivity index is 1.20. The van der Waals surface area contributed by atoms with E-state index in [-0.39, 0.29) is 0 Å². The summed E-state index contributed by atoms with van der Waals surface area (Å²) in [7, 11) is 1.67. The Morgan fingerprint density at radius 2 is 1.76 bits per heavy atom. The highest BCUT2D eigenvalue weighted by atomic mass is 16.5. The average Bonchev–Trinajstić information content (AvgIpc) is 2.88. The summed E-state index contributed by atoms with van der Waals surface area (Å²) in [6.45, 7) is 5.46. The van der Waals surface area contributed by atoms with Crippen molar-refractivity contribution in [2.45, 2.75) is 13.0 Å². The van der Waals surface area contributed by atoms with Crippen molar-refractivity contribution in [3.8, 4) is 5.75 Å². The highest BCUT2D eigenvalue weighted by molar-refractivity contribution is 6.05. The SMILES string of the molecule is COc1ccc2c(c1)CCN(CCNC(=O)NC(=O)c1ccc(C(=N)N3CCOCC3)cc1)C2. The van der Waals surface area contributed by atoms with Crippen molar-refractivity contribution in [3.05, 3.63) is 64.7 Å². The maximum absolute atomic E-state index is 12.4. The van der Waals surface area contributed by atoms with E-state index in [0.29, 0.717) is 50.8 Å². The summed E-state index contributed by atoms with van der Waals surface area (Å²) in [6, 6.07) is 12.4. The second kappa shape index (κ2) is 11.1. The molecular weight excluding hydrogens is 434 g/mol. The molecule has 0 aromatic heterocycles. The standard InChI is InChI=1S/C25H31N5O4/c1-33-22-7-6-21-17-29(10-8-20(21)16-22)11-9-27-25(32)28-24(31)19-4-2-18(3-5-19)23(26)30-12-14-34-15-13-30/h2-7,16,26H,8-15,17H2,1H3,(H2,27,28,31,32). The number of amidine groups is 1. The van der Waals surface area contributed by atoms with E-state index in [4.69, 9.17) is 14.9 Å². The highest BCUT2D eigenvalue weighted by Crippen LogP contribution is 2.23. The van der Waals surface area contributed by atoms with E-state index < -0.39 is 11.9 Å². The summed E-state index contributed by atoms with van der Waals surface area (Å²) in [5.41, 5.74) is 3.68. The summed E-state index contributed by atoms with van der Waals surface area (Å²) in [6.07, 6.45) is 0.941. The van der Waals surface area contributed by atoms with Gasteiger partial charge in [0, 0.05) is 50.4 Å². The van der Waals surface area contributed by atoms with Gasteiger partial charge in [0.15, 0.2) is 0 Å². The summed E-state index contributed by atoms with van der Waals surface area (Å²) in [5, 5.41) is 13.5. The maximum Gasteiger partial charge on any atom is 0.321 e. The molecule has 2 aromatic carbocycles. The number of hydrogen-bond acceptors (Lipinski definition) is 6. The summed E-state index contributed by atoms with van der Waals surface area (Å²) < 4.78 is 10.6. The zero-order chi connectivity index (χ0) is 23.9. The van der Waals surface area contributed by atoms with Gasteiger partial charge in [-0.25, -0.2) is 4.79 Å². The average molecular weight is 466 g/mol. The van der Waals surface area contributed by atoms with Gasteiger partial charge in [0.1, 0.15) is 11.6 Å². The zero-order valence-electron chi connectivity index (χ0n) is 19.4. The third-order valence-electron chi connectivity index (χ3n) is 6.19. The van der Waals surface area contributed by atoms with Gasteiger partial charge in [-0.2, -0.15) is 0 Å². The number of nitrogens with zero attached hydrogens (tertiary/aromatic N) is 2. The lowest BCUT2D eigenvalue weighted by molar-refractivity contribution is 0.0680. The van der Waals surface area contributed by atoms with Gasteiger partial charge in [-0.15, -0.1) is 0 Å². The van der Waals surface area contributed by atoms with Crippen LogP contribution >= 0.6 is 0 Å². The first-order valence-electron chi connectivity index (χ1n) is 11.5.